The Bertz CT molecular complexity index is 1450. The number of carbonyl (C=O) groups is 2. The molecular formula is C25H23F6N3O4S. The van der Waals surface area contributed by atoms with Gasteiger partial charge in [0, 0.05) is 18.7 Å². The Morgan fingerprint density at radius 1 is 1.13 bits per heavy atom. The van der Waals surface area contributed by atoms with Crippen molar-refractivity contribution in [2.24, 2.45) is 0 Å². The SMILES string of the molecule is CC(F)(c1ccc2c(n1)CCC1N(C(=O)[C@@H]3C[C@@H](F)C(=O)N3)CCC21S(=O)(=O)c1ccc(F)cc1)C(F)(F)F. The maximum absolute atomic E-state index is 14.7. The van der Waals surface area contributed by atoms with Crippen molar-refractivity contribution in [3.05, 3.63) is 59.2 Å². The minimum absolute atomic E-state index is 0.0129. The van der Waals surface area contributed by atoms with Gasteiger partial charge in [-0.05, 0) is 62.1 Å². The molecule has 1 aromatic heterocycles. The van der Waals surface area contributed by atoms with Gasteiger partial charge in [0.2, 0.25) is 11.6 Å². The quantitative estimate of drug-likeness (QED) is 0.446. The van der Waals surface area contributed by atoms with Gasteiger partial charge in [-0.25, -0.2) is 21.6 Å². The van der Waals surface area contributed by atoms with Crippen LogP contribution in [0.15, 0.2) is 41.3 Å². The van der Waals surface area contributed by atoms with Gasteiger partial charge in [0.1, 0.15) is 16.6 Å². The van der Waals surface area contributed by atoms with E-state index in [4.69, 9.17) is 0 Å². The first-order chi connectivity index (χ1) is 18.1. The molecule has 2 aromatic rings. The van der Waals surface area contributed by atoms with E-state index in [-0.39, 0.29) is 42.0 Å². The van der Waals surface area contributed by atoms with E-state index in [1.54, 1.807) is 0 Å². The van der Waals surface area contributed by atoms with E-state index in [9.17, 15) is 44.3 Å². The average molecular weight is 576 g/mol. The van der Waals surface area contributed by atoms with Crippen LogP contribution in [0.25, 0.3) is 0 Å². The van der Waals surface area contributed by atoms with Gasteiger partial charge in [0.05, 0.1) is 16.6 Å². The number of rotatable bonds is 4. The highest BCUT2D eigenvalue weighted by Gasteiger charge is 2.62. The van der Waals surface area contributed by atoms with E-state index in [1.165, 1.54) is 4.90 Å². The van der Waals surface area contributed by atoms with Crippen molar-refractivity contribution < 1.29 is 44.3 Å². The van der Waals surface area contributed by atoms with Crippen LogP contribution in [0.4, 0.5) is 26.3 Å². The largest absolute Gasteiger partial charge is 0.428 e. The van der Waals surface area contributed by atoms with Gasteiger partial charge in [-0.3, -0.25) is 14.6 Å². The van der Waals surface area contributed by atoms with Gasteiger partial charge in [-0.1, -0.05) is 6.07 Å². The molecule has 7 nitrogen and oxygen atoms in total. The van der Waals surface area contributed by atoms with Crippen molar-refractivity contribution >= 4 is 21.7 Å². The molecule has 210 valence electrons. The van der Waals surface area contributed by atoms with E-state index in [0.29, 0.717) is 6.92 Å². The molecule has 39 heavy (non-hydrogen) atoms. The zero-order chi connectivity index (χ0) is 28.5. The predicted octanol–water partition coefficient (Wildman–Crippen LogP) is 3.41. The average Bonchev–Trinajstić information content (AvgIpc) is 3.44. The van der Waals surface area contributed by atoms with Crippen molar-refractivity contribution in [3.63, 3.8) is 0 Å². The molecule has 5 rings (SSSR count). The highest BCUT2D eigenvalue weighted by molar-refractivity contribution is 7.92. The summed E-state index contributed by atoms with van der Waals surface area (Å²) in [6.45, 7) is 0.195. The molecule has 3 aliphatic rings. The number of likely N-dealkylation sites (tertiary alicyclic amines) is 1. The lowest BCUT2D eigenvalue weighted by molar-refractivity contribution is -0.230. The molecule has 0 radical (unpaired) electrons. The highest BCUT2D eigenvalue weighted by atomic mass is 32.2. The number of aromatic nitrogens is 1. The minimum atomic E-state index is -5.28. The maximum Gasteiger partial charge on any atom is 0.428 e. The molecule has 1 aliphatic carbocycles. The zero-order valence-electron chi connectivity index (χ0n) is 20.4. The number of carbonyl (C=O) groups excluding carboxylic acids is 2. The summed E-state index contributed by atoms with van der Waals surface area (Å²) in [6.07, 6.45) is -7.94. The number of nitrogens with one attached hydrogen (secondary N) is 1. The number of pyridine rings is 1. The summed E-state index contributed by atoms with van der Waals surface area (Å²) < 4.78 is 109. The molecule has 0 spiro atoms. The van der Waals surface area contributed by atoms with Crippen LogP contribution in [0.5, 0.6) is 0 Å². The van der Waals surface area contributed by atoms with Gasteiger partial charge >= 0.3 is 6.18 Å². The van der Waals surface area contributed by atoms with Gasteiger partial charge in [-0.2, -0.15) is 13.2 Å². The number of sulfone groups is 1. The second-order valence-corrected chi connectivity index (χ2v) is 12.3. The van der Waals surface area contributed by atoms with Gasteiger partial charge in [0.25, 0.3) is 5.91 Å². The normalized spacial score (nSPS) is 28.4. The molecule has 5 atom stereocenters. The predicted molar refractivity (Wildman–Crippen MR) is 124 cm³/mol. The molecule has 2 saturated heterocycles. The summed E-state index contributed by atoms with van der Waals surface area (Å²) in [5.41, 5.74) is -4.78. The Morgan fingerprint density at radius 3 is 2.38 bits per heavy atom. The van der Waals surface area contributed by atoms with Crippen LogP contribution in [0, 0.1) is 5.82 Å². The molecule has 0 saturated carbocycles. The van der Waals surface area contributed by atoms with E-state index >= 15 is 0 Å². The number of benzene rings is 1. The first-order valence-corrected chi connectivity index (χ1v) is 13.6. The van der Waals surface area contributed by atoms with Gasteiger partial charge < -0.3 is 10.2 Å². The lowest BCUT2D eigenvalue weighted by Gasteiger charge is -2.42. The molecule has 0 bridgehead atoms. The molecule has 2 amide bonds. The lowest BCUT2D eigenvalue weighted by Crippen LogP contribution is -2.55. The third-order valence-corrected chi connectivity index (χ3v) is 10.5. The molecule has 2 aliphatic heterocycles. The second kappa shape index (κ2) is 8.93. The number of fused-ring (bicyclic) bond motifs is 3. The van der Waals surface area contributed by atoms with E-state index in [2.05, 4.69) is 10.3 Å². The van der Waals surface area contributed by atoms with Crippen molar-refractivity contribution in [1.29, 1.82) is 0 Å². The lowest BCUT2D eigenvalue weighted by atomic mass is 9.80. The van der Waals surface area contributed by atoms with E-state index in [1.807, 2.05) is 0 Å². The van der Waals surface area contributed by atoms with Crippen LogP contribution < -0.4 is 5.32 Å². The third-order valence-electron chi connectivity index (χ3n) is 7.96. The van der Waals surface area contributed by atoms with Crippen molar-refractivity contribution in [3.8, 4) is 0 Å². The zero-order valence-corrected chi connectivity index (χ0v) is 21.3. The number of nitrogens with zero attached hydrogens (tertiary/aromatic N) is 2. The highest BCUT2D eigenvalue weighted by Crippen LogP contribution is 2.53. The van der Waals surface area contributed by atoms with Crippen molar-refractivity contribution in [1.82, 2.24) is 15.2 Å². The first kappa shape index (κ1) is 27.4. The number of aryl methyl sites for hydroxylation is 1. The standard InChI is InChI=1S/C25H23F6N3O4S/c1-23(28,25(29,30)31)19-8-6-15-17(32-19)7-9-20-24(15,39(37,38)14-4-2-13(26)3-5-14)10-11-34(20)22(36)18-12-16(27)21(35)33-18/h2-6,8,16,18,20H,7,9-12H2,1H3,(H,33,35)/t16-,18+,20?,23?,24?/m1/s1. The topological polar surface area (TPSA) is 96.4 Å². The Hall–Kier alpha value is -3.16. The van der Waals surface area contributed by atoms with Crippen LogP contribution in [-0.4, -0.2) is 61.1 Å². The summed E-state index contributed by atoms with van der Waals surface area (Å²) in [5, 5.41) is 2.27. The van der Waals surface area contributed by atoms with Crippen LogP contribution >= 0.6 is 0 Å². The van der Waals surface area contributed by atoms with Crippen LogP contribution in [-0.2, 0) is 36.3 Å². The monoisotopic (exact) mass is 575 g/mol. The van der Waals surface area contributed by atoms with Crippen LogP contribution in [0.1, 0.15) is 43.1 Å². The number of halogens is 6. The van der Waals surface area contributed by atoms with Crippen molar-refractivity contribution in [2.45, 2.75) is 72.3 Å². The minimum Gasteiger partial charge on any atom is -0.342 e. The second-order valence-electron chi connectivity index (χ2n) is 10.1. The maximum atomic E-state index is 14.7. The van der Waals surface area contributed by atoms with E-state index in [0.717, 1.165) is 36.4 Å². The number of amides is 2. The Balaban J connectivity index is 1.65. The number of hydrogen-bond donors (Lipinski definition) is 1. The summed E-state index contributed by atoms with van der Waals surface area (Å²) >= 11 is 0. The van der Waals surface area contributed by atoms with Gasteiger partial charge in [0.15, 0.2) is 16.0 Å². The van der Waals surface area contributed by atoms with Crippen molar-refractivity contribution in [2.75, 3.05) is 6.54 Å². The smallest absolute Gasteiger partial charge is 0.342 e. The molecular weight excluding hydrogens is 552 g/mol. The first-order valence-electron chi connectivity index (χ1n) is 12.1. The summed E-state index contributed by atoms with van der Waals surface area (Å²) in [4.78, 5) is 29.9. The Kier molecular flexibility index (Phi) is 6.28. The van der Waals surface area contributed by atoms with Crippen LogP contribution in [0.2, 0.25) is 0 Å². The number of hydrogen-bond acceptors (Lipinski definition) is 5. The fourth-order valence-corrected chi connectivity index (χ4v) is 8.22. The summed E-state index contributed by atoms with van der Waals surface area (Å²) in [7, 11) is -4.46. The van der Waals surface area contributed by atoms with E-state index < -0.39 is 74.4 Å². The van der Waals surface area contributed by atoms with Gasteiger partial charge in [-0.15, -0.1) is 0 Å². The fourth-order valence-electron chi connectivity index (χ4n) is 5.87. The summed E-state index contributed by atoms with van der Waals surface area (Å²) in [5.74, 6) is -2.35. The molecule has 3 unspecified atom stereocenters. The molecule has 2 fully saturated rings. The molecule has 1 aromatic carbocycles. The Morgan fingerprint density at radius 2 is 1.79 bits per heavy atom. The number of alkyl halides is 5. The molecule has 14 heteroatoms. The van der Waals surface area contributed by atoms with Crippen LogP contribution in [0.3, 0.4) is 0 Å². The Labute approximate surface area is 219 Å². The fraction of sp³-hybridized carbons (Fsp3) is 0.480. The molecule has 3 heterocycles. The third kappa shape index (κ3) is 4.01. The summed E-state index contributed by atoms with van der Waals surface area (Å²) in [6, 6.07) is 3.58. The molecule has 1 N–H and O–H groups in total.